The SMILES string of the molecule is CNCc1cc(F)ccc1-c1cc(C)c(OC)c(C)c1. The maximum absolute atomic E-state index is 13.4. The molecule has 0 saturated heterocycles. The van der Waals surface area contributed by atoms with Gasteiger partial charge < -0.3 is 10.1 Å². The lowest BCUT2D eigenvalue weighted by molar-refractivity contribution is 0.408. The van der Waals surface area contributed by atoms with E-state index >= 15 is 0 Å². The Kier molecular flexibility index (Phi) is 4.40. The van der Waals surface area contributed by atoms with Gasteiger partial charge in [-0.25, -0.2) is 4.39 Å². The van der Waals surface area contributed by atoms with Gasteiger partial charge in [-0.2, -0.15) is 0 Å². The van der Waals surface area contributed by atoms with Crippen molar-refractivity contribution in [1.29, 1.82) is 0 Å². The van der Waals surface area contributed by atoms with Crippen LogP contribution >= 0.6 is 0 Å². The van der Waals surface area contributed by atoms with Gasteiger partial charge in [0.05, 0.1) is 7.11 Å². The third-order valence-electron chi connectivity index (χ3n) is 3.41. The van der Waals surface area contributed by atoms with E-state index in [9.17, 15) is 4.39 Å². The lowest BCUT2D eigenvalue weighted by Crippen LogP contribution is -2.07. The molecule has 0 spiro atoms. The minimum Gasteiger partial charge on any atom is -0.496 e. The molecule has 0 aromatic heterocycles. The molecule has 1 N–H and O–H groups in total. The van der Waals surface area contributed by atoms with E-state index in [1.54, 1.807) is 13.2 Å². The lowest BCUT2D eigenvalue weighted by Gasteiger charge is -2.14. The fraction of sp³-hybridized carbons (Fsp3) is 0.294. The van der Waals surface area contributed by atoms with Crippen molar-refractivity contribution >= 4 is 0 Å². The Morgan fingerprint density at radius 1 is 1.10 bits per heavy atom. The third kappa shape index (κ3) is 2.83. The fourth-order valence-corrected chi connectivity index (χ4v) is 2.61. The number of methoxy groups -OCH3 is 1. The first-order valence-corrected chi connectivity index (χ1v) is 6.65. The number of benzene rings is 2. The highest BCUT2D eigenvalue weighted by Gasteiger charge is 2.10. The summed E-state index contributed by atoms with van der Waals surface area (Å²) in [6.07, 6.45) is 0. The highest BCUT2D eigenvalue weighted by Crippen LogP contribution is 2.32. The monoisotopic (exact) mass is 273 g/mol. The van der Waals surface area contributed by atoms with Crippen LogP contribution in [0.4, 0.5) is 4.39 Å². The van der Waals surface area contributed by atoms with Crippen LogP contribution in [0.5, 0.6) is 5.75 Å². The first-order valence-electron chi connectivity index (χ1n) is 6.65. The molecule has 20 heavy (non-hydrogen) atoms. The van der Waals surface area contributed by atoms with Crippen molar-refractivity contribution in [2.24, 2.45) is 0 Å². The fourth-order valence-electron chi connectivity index (χ4n) is 2.61. The van der Waals surface area contributed by atoms with E-state index in [-0.39, 0.29) is 5.82 Å². The predicted molar refractivity (Wildman–Crippen MR) is 80.6 cm³/mol. The Bertz CT molecular complexity index is 599. The van der Waals surface area contributed by atoms with E-state index < -0.39 is 0 Å². The quantitative estimate of drug-likeness (QED) is 0.914. The molecule has 0 fully saturated rings. The Morgan fingerprint density at radius 3 is 2.30 bits per heavy atom. The Labute approximate surface area is 119 Å². The molecule has 0 aliphatic rings. The number of nitrogens with one attached hydrogen (secondary N) is 1. The molecule has 0 amide bonds. The largest absolute Gasteiger partial charge is 0.496 e. The van der Waals surface area contributed by atoms with Crippen LogP contribution in [0.15, 0.2) is 30.3 Å². The zero-order valence-corrected chi connectivity index (χ0v) is 12.4. The van der Waals surface area contributed by atoms with E-state index in [1.807, 2.05) is 27.0 Å². The predicted octanol–water partition coefficient (Wildman–Crippen LogP) is 3.84. The van der Waals surface area contributed by atoms with Gasteiger partial charge in [-0.3, -0.25) is 0 Å². The Hall–Kier alpha value is -1.87. The minimum atomic E-state index is -0.207. The summed E-state index contributed by atoms with van der Waals surface area (Å²) >= 11 is 0. The van der Waals surface area contributed by atoms with Crippen molar-refractivity contribution < 1.29 is 9.13 Å². The molecule has 2 rings (SSSR count). The van der Waals surface area contributed by atoms with E-state index in [4.69, 9.17) is 4.74 Å². The third-order valence-corrected chi connectivity index (χ3v) is 3.41. The van der Waals surface area contributed by atoms with Gasteiger partial charge >= 0.3 is 0 Å². The standard InChI is InChI=1S/C17H20FNO/c1-11-7-13(8-12(2)17(11)20-4)16-6-5-15(18)9-14(16)10-19-3/h5-9,19H,10H2,1-4H3. The summed E-state index contributed by atoms with van der Waals surface area (Å²) in [5.41, 5.74) is 5.27. The maximum Gasteiger partial charge on any atom is 0.124 e. The topological polar surface area (TPSA) is 21.3 Å². The van der Waals surface area contributed by atoms with Crippen LogP contribution in [-0.2, 0) is 6.54 Å². The zero-order chi connectivity index (χ0) is 14.7. The summed E-state index contributed by atoms with van der Waals surface area (Å²) in [6.45, 7) is 4.68. The Balaban J connectivity index is 2.56. The molecule has 0 heterocycles. The van der Waals surface area contributed by atoms with Crippen molar-refractivity contribution in [3.8, 4) is 16.9 Å². The molecule has 0 saturated carbocycles. The number of ether oxygens (including phenoxy) is 1. The van der Waals surface area contributed by atoms with Gasteiger partial charge in [-0.1, -0.05) is 6.07 Å². The molecular formula is C17H20FNO. The van der Waals surface area contributed by atoms with Gasteiger partial charge in [-0.05, 0) is 73.0 Å². The van der Waals surface area contributed by atoms with Crippen molar-refractivity contribution in [1.82, 2.24) is 5.32 Å². The van der Waals surface area contributed by atoms with Crippen molar-refractivity contribution in [2.75, 3.05) is 14.2 Å². The molecule has 0 atom stereocenters. The molecule has 0 unspecified atom stereocenters. The number of hydrogen-bond donors (Lipinski definition) is 1. The van der Waals surface area contributed by atoms with Crippen LogP contribution in [-0.4, -0.2) is 14.2 Å². The summed E-state index contributed by atoms with van der Waals surface area (Å²) in [5.74, 6) is 0.701. The number of halogens is 1. The second kappa shape index (κ2) is 6.06. The molecular weight excluding hydrogens is 253 g/mol. The first kappa shape index (κ1) is 14.5. The van der Waals surface area contributed by atoms with E-state index in [0.29, 0.717) is 6.54 Å². The zero-order valence-electron chi connectivity index (χ0n) is 12.4. The normalized spacial score (nSPS) is 10.7. The second-order valence-electron chi connectivity index (χ2n) is 4.98. The van der Waals surface area contributed by atoms with E-state index in [0.717, 1.165) is 33.6 Å². The van der Waals surface area contributed by atoms with Crippen molar-refractivity contribution in [2.45, 2.75) is 20.4 Å². The van der Waals surface area contributed by atoms with E-state index in [1.165, 1.54) is 6.07 Å². The number of aryl methyl sites for hydroxylation is 2. The summed E-state index contributed by atoms with van der Waals surface area (Å²) in [5, 5.41) is 3.08. The number of hydrogen-bond acceptors (Lipinski definition) is 2. The van der Waals surface area contributed by atoms with Crippen LogP contribution < -0.4 is 10.1 Å². The summed E-state index contributed by atoms with van der Waals surface area (Å²) in [7, 11) is 3.54. The molecule has 0 aliphatic heterocycles. The van der Waals surface area contributed by atoms with Gasteiger partial charge in [0.1, 0.15) is 11.6 Å². The minimum absolute atomic E-state index is 0.207. The van der Waals surface area contributed by atoms with E-state index in [2.05, 4.69) is 17.4 Å². The van der Waals surface area contributed by atoms with Gasteiger partial charge in [-0.15, -0.1) is 0 Å². The van der Waals surface area contributed by atoms with Crippen LogP contribution in [0.1, 0.15) is 16.7 Å². The molecule has 0 aliphatic carbocycles. The van der Waals surface area contributed by atoms with Crippen molar-refractivity contribution in [3.63, 3.8) is 0 Å². The van der Waals surface area contributed by atoms with Crippen molar-refractivity contribution in [3.05, 3.63) is 52.8 Å². The lowest BCUT2D eigenvalue weighted by atomic mass is 9.95. The number of rotatable bonds is 4. The highest BCUT2D eigenvalue weighted by molar-refractivity contribution is 5.70. The molecule has 2 aromatic carbocycles. The van der Waals surface area contributed by atoms with Gasteiger partial charge in [0.15, 0.2) is 0 Å². The molecule has 0 radical (unpaired) electrons. The van der Waals surface area contributed by atoms with Crippen LogP contribution in [0.2, 0.25) is 0 Å². The smallest absolute Gasteiger partial charge is 0.124 e. The second-order valence-corrected chi connectivity index (χ2v) is 4.98. The summed E-state index contributed by atoms with van der Waals surface area (Å²) in [6, 6.07) is 9.09. The van der Waals surface area contributed by atoms with Gasteiger partial charge in [0.25, 0.3) is 0 Å². The molecule has 2 nitrogen and oxygen atoms in total. The van der Waals surface area contributed by atoms with Crippen LogP contribution in [0.25, 0.3) is 11.1 Å². The van der Waals surface area contributed by atoms with Crippen LogP contribution in [0.3, 0.4) is 0 Å². The average molecular weight is 273 g/mol. The van der Waals surface area contributed by atoms with Gasteiger partial charge in [0, 0.05) is 6.54 Å². The molecule has 106 valence electrons. The summed E-state index contributed by atoms with van der Waals surface area (Å²) in [4.78, 5) is 0. The Morgan fingerprint density at radius 2 is 1.75 bits per heavy atom. The average Bonchev–Trinajstić information content (AvgIpc) is 2.39. The molecule has 2 aromatic rings. The first-order chi connectivity index (χ1) is 9.56. The highest BCUT2D eigenvalue weighted by atomic mass is 19.1. The summed E-state index contributed by atoms with van der Waals surface area (Å²) < 4.78 is 18.8. The molecule has 3 heteroatoms. The molecule has 0 bridgehead atoms. The van der Waals surface area contributed by atoms with Gasteiger partial charge in [0.2, 0.25) is 0 Å². The van der Waals surface area contributed by atoms with Crippen LogP contribution in [0, 0.1) is 19.7 Å². The maximum atomic E-state index is 13.4.